The van der Waals surface area contributed by atoms with Crippen LogP contribution in [0.25, 0.3) is 0 Å². The summed E-state index contributed by atoms with van der Waals surface area (Å²) in [5.41, 5.74) is 0.315. The van der Waals surface area contributed by atoms with E-state index in [1.54, 1.807) is 4.57 Å². The Labute approximate surface area is 116 Å². The highest BCUT2D eigenvalue weighted by Crippen LogP contribution is 2.05. The molecule has 0 aliphatic heterocycles. The first-order valence-corrected chi connectivity index (χ1v) is 7.53. The molecular weight excluding hydrogens is 296 g/mol. The van der Waals surface area contributed by atoms with Gasteiger partial charge in [-0.2, -0.15) is 0 Å². The Morgan fingerprint density at radius 2 is 1.72 bits per heavy atom. The highest BCUT2D eigenvalue weighted by Gasteiger charge is 2.05. The maximum absolute atomic E-state index is 11.9. The molecule has 1 aromatic heterocycles. The van der Waals surface area contributed by atoms with Crippen LogP contribution in [0.15, 0.2) is 15.7 Å². The van der Waals surface area contributed by atoms with E-state index in [1.165, 1.54) is 32.4 Å². The fourth-order valence-corrected chi connectivity index (χ4v) is 2.34. The van der Waals surface area contributed by atoms with Gasteiger partial charge in [-0.25, -0.2) is 4.79 Å². The van der Waals surface area contributed by atoms with Crippen molar-refractivity contribution in [2.75, 3.05) is 5.33 Å². The van der Waals surface area contributed by atoms with Crippen molar-refractivity contribution in [2.45, 2.75) is 45.6 Å². The summed E-state index contributed by atoms with van der Waals surface area (Å²) in [4.78, 5) is 23.3. The molecule has 0 N–H and O–H groups in total. The minimum absolute atomic E-state index is 0.208. The lowest BCUT2D eigenvalue weighted by atomic mass is 10.1. The van der Waals surface area contributed by atoms with Crippen molar-refractivity contribution in [2.24, 2.45) is 7.05 Å². The molecule has 0 radical (unpaired) electrons. The normalized spacial score (nSPS) is 10.8. The van der Waals surface area contributed by atoms with Crippen LogP contribution >= 0.6 is 15.9 Å². The third-order valence-corrected chi connectivity index (χ3v) is 3.68. The maximum Gasteiger partial charge on any atom is 0.330 e. The standard InChI is InChI=1S/C13H21BrN2O2/c1-11-10-12(17)15(2)13(18)16(11)9-7-5-3-4-6-8-14/h10H,3-9H2,1-2H3. The van der Waals surface area contributed by atoms with E-state index in [0.717, 1.165) is 28.4 Å². The molecule has 0 fully saturated rings. The summed E-state index contributed by atoms with van der Waals surface area (Å²) < 4.78 is 2.85. The number of alkyl halides is 1. The molecule has 0 saturated heterocycles. The van der Waals surface area contributed by atoms with Crippen LogP contribution in [0.3, 0.4) is 0 Å². The zero-order valence-corrected chi connectivity index (χ0v) is 12.7. The Hall–Kier alpha value is -0.840. The Kier molecular flexibility index (Phi) is 6.39. The predicted octanol–water partition coefficient (Wildman–Crippen LogP) is 2.20. The fourth-order valence-electron chi connectivity index (χ4n) is 1.95. The van der Waals surface area contributed by atoms with E-state index >= 15 is 0 Å². The van der Waals surface area contributed by atoms with Gasteiger partial charge in [0.15, 0.2) is 0 Å². The van der Waals surface area contributed by atoms with E-state index in [-0.39, 0.29) is 11.2 Å². The molecule has 0 aromatic carbocycles. The Morgan fingerprint density at radius 3 is 2.39 bits per heavy atom. The topological polar surface area (TPSA) is 44.0 Å². The summed E-state index contributed by atoms with van der Waals surface area (Å²) in [5, 5.41) is 1.06. The summed E-state index contributed by atoms with van der Waals surface area (Å²) in [6.45, 7) is 2.51. The molecule has 102 valence electrons. The lowest BCUT2D eigenvalue weighted by Gasteiger charge is -2.10. The van der Waals surface area contributed by atoms with E-state index in [0.29, 0.717) is 6.54 Å². The zero-order chi connectivity index (χ0) is 13.5. The van der Waals surface area contributed by atoms with Crippen molar-refractivity contribution in [1.29, 1.82) is 0 Å². The van der Waals surface area contributed by atoms with Gasteiger partial charge in [0.25, 0.3) is 5.56 Å². The second kappa shape index (κ2) is 7.56. The van der Waals surface area contributed by atoms with E-state index < -0.39 is 0 Å². The summed E-state index contributed by atoms with van der Waals surface area (Å²) in [6, 6.07) is 1.52. The predicted molar refractivity (Wildman–Crippen MR) is 77.6 cm³/mol. The van der Waals surface area contributed by atoms with E-state index in [9.17, 15) is 9.59 Å². The van der Waals surface area contributed by atoms with Crippen molar-refractivity contribution < 1.29 is 0 Å². The lowest BCUT2D eigenvalue weighted by molar-refractivity contribution is 0.524. The fraction of sp³-hybridized carbons (Fsp3) is 0.692. The molecule has 4 nitrogen and oxygen atoms in total. The van der Waals surface area contributed by atoms with Crippen molar-refractivity contribution in [3.63, 3.8) is 0 Å². The van der Waals surface area contributed by atoms with Gasteiger partial charge in [0.1, 0.15) is 0 Å². The van der Waals surface area contributed by atoms with Gasteiger partial charge in [-0.1, -0.05) is 35.2 Å². The van der Waals surface area contributed by atoms with Crippen LogP contribution in [-0.2, 0) is 13.6 Å². The molecule has 0 bridgehead atoms. The maximum atomic E-state index is 11.9. The molecule has 1 aromatic rings. The zero-order valence-electron chi connectivity index (χ0n) is 11.1. The number of hydrogen-bond donors (Lipinski definition) is 0. The van der Waals surface area contributed by atoms with Gasteiger partial charge in [0.05, 0.1) is 0 Å². The first-order valence-electron chi connectivity index (χ1n) is 6.41. The highest BCUT2D eigenvalue weighted by atomic mass is 79.9. The smallest absolute Gasteiger partial charge is 0.298 e. The van der Waals surface area contributed by atoms with Crippen molar-refractivity contribution >= 4 is 15.9 Å². The van der Waals surface area contributed by atoms with Crippen LogP contribution in [0.2, 0.25) is 0 Å². The third-order valence-electron chi connectivity index (χ3n) is 3.12. The third kappa shape index (κ3) is 4.12. The van der Waals surface area contributed by atoms with Gasteiger partial charge >= 0.3 is 5.69 Å². The molecule has 0 aliphatic carbocycles. The monoisotopic (exact) mass is 316 g/mol. The summed E-state index contributed by atoms with van der Waals surface area (Å²) in [7, 11) is 1.52. The molecule has 0 saturated carbocycles. The average molecular weight is 317 g/mol. The molecule has 0 aliphatic rings. The summed E-state index contributed by atoms with van der Waals surface area (Å²) in [5.74, 6) is 0. The Bertz CT molecular complexity index is 491. The molecular formula is C13H21BrN2O2. The van der Waals surface area contributed by atoms with Gasteiger partial charge in [0, 0.05) is 30.7 Å². The lowest BCUT2D eigenvalue weighted by Crippen LogP contribution is -2.38. The molecule has 18 heavy (non-hydrogen) atoms. The molecule has 0 amide bonds. The van der Waals surface area contributed by atoms with Crippen LogP contribution in [-0.4, -0.2) is 14.5 Å². The second-order valence-corrected chi connectivity index (χ2v) is 5.37. The SMILES string of the molecule is Cc1cc(=O)n(C)c(=O)n1CCCCCCCBr. The van der Waals surface area contributed by atoms with E-state index in [2.05, 4.69) is 15.9 Å². The van der Waals surface area contributed by atoms with Crippen LogP contribution < -0.4 is 11.2 Å². The molecule has 0 spiro atoms. The van der Waals surface area contributed by atoms with Crippen molar-refractivity contribution in [3.8, 4) is 0 Å². The Balaban J connectivity index is 2.55. The van der Waals surface area contributed by atoms with E-state index in [4.69, 9.17) is 0 Å². The van der Waals surface area contributed by atoms with Crippen LogP contribution in [0.4, 0.5) is 0 Å². The minimum atomic E-state index is -0.230. The van der Waals surface area contributed by atoms with Gasteiger partial charge in [-0.05, 0) is 19.8 Å². The highest BCUT2D eigenvalue weighted by molar-refractivity contribution is 9.09. The van der Waals surface area contributed by atoms with Crippen LogP contribution in [0.1, 0.15) is 37.8 Å². The van der Waals surface area contributed by atoms with Crippen molar-refractivity contribution in [3.05, 3.63) is 32.6 Å². The first kappa shape index (κ1) is 15.2. The van der Waals surface area contributed by atoms with Gasteiger partial charge in [-0.15, -0.1) is 0 Å². The quantitative estimate of drug-likeness (QED) is 0.572. The first-order chi connectivity index (χ1) is 8.57. The van der Waals surface area contributed by atoms with Crippen LogP contribution in [0, 0.1) is 6.92 Å². The molecule has 0 atom stereocenters. The second-order valence-electron chi connectivity index (χ2n) is 4.57. The number of hydrogen-bond acceptors (Lipinski definition) is 2. The number of aryl methyl sites for hydroxylation is 1. The van der Waals surface area contributed by atoms with Gasteiger partial charge in [-0.3, -0.25) is 13.9 Å². The van der Waals surface area contributed by atoms with Crippen molar-refractivity contribution in [1.82, 2.24) is 9.13 Å². The summed E-state index contributed by atoms with van der Waals surface area (Å²) in [6.07, 6.45) is 5.75. The van der Waals surface area contributed by atoms with Gasteiger partial charge in [0.2, 0.25) is 0 Å². The number of nitrogens with zero attached hydrogens (tertiary/aromatic N) is 2. The molecule has 5 heteroatoms. The Morgan fingerprint density at radius 1 is 1.11 bits per heavy atom. The number of aromatic nitrogens is 2. The molecule has 1 rings (SSSR count). The van der Waals surface area contributed by atoms with Crippen LogP contribution in [0.5, 0.6) is 0 Å². The van der Waals surface area contributed by atoms with Gasteiger partial charge < -0.3 is 0 Å². The van der Waals surface area contributed by atoms with E-state index in [1.807, 2.05) is 6.92 Å². The largest absolute Gasteiger partial charge is 0.330 e. The minimum Gasteiger partial charge on any atom is -0.298 e. The number of unbranched alkanes of at least 4 members (excludes halogenated alkanes) is 4. The number of halogens is 1. The average Bonchev–Trinajstić information content (AvgIpc) is 2.34. The molecule has 0 unspecified atom stereocenters. The number of rotatable bonds is 7. The summed E-state index contributed by atoms with van der Waals surface area (Å²) >= 11 is 3.41. The molecule has 1 heterocycles.